The second kappa shape index (κ2) is 36.9. The van der Waals surface area contributed by atoms with Crippen LogP contribution in [-0.2, 0) is 112 Å². The molecule has 0 fully saturated rings. The molecule has 680 valence electrons. The molecule has 0 aliphatic carbocycles. The van der Waals surface area contributed by atoms with Crippen LogP contribution >= 0.6 is 0 Å². The molecule has 0 bridgehead atoms. The van der Waals surface area contributed by atoms with Gasteiger partial charge in [0.15, 0.2) is 49.6 Å². The largest absolute Gasteiger partial charge is 0.417 e. The van der Waals surface area contributed by atoms with Gasteiger partial charge in [-0.1, -0.05) is 184 Å². The molecule has 12 aromatic rings. The second-order valence-electron chi connectivity index (χ2n) is 44.3. The molecule has 0 N–H and O–H groups in total. The van der Waals surface area contributed by atoms with Gasteiger partial charge in [0.1, 0.15) is 56.4 Å². The van der Waals surface area contributed by atoms with Crippen LogP contribution in [0.4, 0.5) is 26.3 Å². The van der Waals surface area contributed by atoms with E-state index in [4.69, 9.17) is 0 Å². The maximum Gasteiger partial charge on any atom is 0.417 e. The number of nitrogens with zero attached hydrogens (tertiary/aromatic N) is 8. The number of aryl methyl sites for hydroxylation is 12. The van der Waals surface area contributed by atoms with Crippen LogP contribution in [0.25, 0.3) is 90.1 Å². The minimum Gasteiger partial charge on any atom is -0.201 e. The molecule has 0 radical (unpaired) electrons. The van der Waals surface area contributed by atoms with Crippen molar-refractivity contribution < 1.29 is 62.9 Å². The fourth-order valence-electron chi connectivity index (χ4n) is 17.8. The summed E-state index contributed by atoms with van der Waals surface area (Å²) in [6.07, 6.45) is 6.94. The lowest BCUT2D eigenvalue weighted by Crippen LogP contribution is -2.36. The van der Waals surface area contributed by atoms with E-state index in [0.717, 1.165) is 0 Å². The van der Waals surface area contributed by atoms with Crippen molar-refractivity contribution >= 4 is 0 Å². The Labute approximate surface area is 765 Å². The van der Waals surface area contributed by atoms with Crippen LogP contribution in [0.1, 0.15) is 266 Å². The van der Waals surface area contributed by atoms with E-state index in [1.807, 2.05) is 0 Å². The fraction of sp³-hybridized carbons (Fsp3) is 0.439. The SMILES string of the molecule is Cc1c(-c2ccc(C(C)(C)C)c[n+]2C)c(C(C)(C)C)cc(C(C)(C)C)c1-c1ccc(C(C)(C)C)c[n+]1C.Cc1c(-c2ccc(C(C)(C)C)c[n+]2C)cccc1-c1ccc(C(C)(C)C)c[n+]1C.Cc1cc(C)c(-c2ccc(C(C)(C)C)c[n+]2C)c(C)c1-c1ccc(C(C)(C)C)c[n+]1C.Cc1ccc[n+](C)c1-c1c(C(F)(F)F)cc(C(F)(F)F)c(-c2c(C)ccc[n+]2C)c1C. The Kier molecular flexibility index (Phi) is 29.2. The Bertz CT molecular complexity index is 5770. The fourth-order valence-corrected chi connectivity index (χ4v) is 17.8. The van der Waals surface area contributed by atoms with Crippen LogP contribution < -0.4 is 36.5 Å². The average molecular weight is 1750 g/mol. The summed E-state index contributed by atoms with van der Waals surface area (Å²) < 4.78 is 101. The summed E-state index contributed by atoms with van der Waals surface area (Å²) in [7, 11) is 16.2. The second-order valence-corrected chi connectivity index (χ2v) is 44.3. The first kappa shape index (κ1) is 101. The summed E-state index contributed by atoms with van der Waals surface area (Å²) in [6.45, 7) is 70.9. The van der Waals surface area contributed by atoms with Crippen molar-refractivity contribution in [1.29, 1.82) is 0 Å². The summed E-state index contributed by atoms with van der Waals surface area (Å²) in [4.78, 5) is 0. The van der Waals surface area contributed by atoms with Crippen molar-refractivity contribution in [2.24, 2.45) is 56.4 Å². The van der Waals surface area contributed by atoms with E-state index in [-0.39, 0.29) is 77.5 Å². The van der Waals surface area contributed by atoms with Gasteiger partial charge in [-0.3, -0.25) is 0 Å². The third kappa shape index (κ3) is 22.2. The molecular formula is C114H150F6N8+8. The topological polar surface area (TPSA) is 31.0 Å². The lowest BCUT2D eigenvalue weighted by Gasteiger charge is -2.31. The van der Waals surface area contributed by atoms with Gasteiger partial charge in [0, 0.05) is 104 Å². The molecule has 0 unspecified atom stereocenters. The zero-order valence-corrected chi connectivity index (χ0v) is 85.2. The predicted molar refractivity (Wildman–Crippen MR) is 516 cm³/mol. The van der Waals surface area contributed by atoms with E-state index in [9.17, 15) is 26.3 Å². The summed E-state index contributed by atoms with van der Waals surface area (Å²) in [6, 6.07) is 45.8. The van der Waals surface area contributed by atoms with Gasteiger partial charge in [0.25, 0.3) is 0 Å². The van der Waals surface area contributed by atoms with Gasteiger partial charge in [-0.25, -0.2) is 36.5 Å². The van der Waals surface area contributed by atoms with E-state index in [2.05, 4.69) is 411 Å². The Hall–Kier alpha value is -10.3. The molecule has 0 atom stereocenters. The number of rotatable bonds is 8. The van der Waals surface area contributed by atoms with Crippen molar-refractivity contribution in [2.75, 3.05) is 0 Å². The Balaban J connectivity index is 0.000000193. The highest BCUT2D eigenvalue weighted by atomic mass is 19.4. The maximum atomic E-state index is 14.1. The van der Waals surface area contributed by atoms with E-state index >= 15 is 0 Å². The third-order valence-corrected chi connectivity index (χ3v) is 25.5. The first-order chi connectivity index (χ1) is 58.5. The molecule has 8 nitrogen and oxygen atoms in total. The Morgan fingerprint density at radius 1 is 0.203 bits per heavy atom. The lowest BCUT2D eigenvalue weighted by atomic mass is 9.73. The number of hydrogen-bond acceptors (Lipinski definition) is 0. The number of benzene rings is 4. The average Bonchev–Trinajstić information content (AvgIpc) is 0.767. The van der Waals surface area contributed by atoms with E-state index < -0.39 is 23.5 Å². The molecule has 0 saturated heterocycles. The Morgan fingerprint density at radius 3 is 0.656 bits per heavy atom. The van der Waals surface area contributed by atoms with Crippen molar-refractivity contribution in [1.82, 2.24) is 0 Å². The molecule has 12 rings (SSSR count). The van der Waals surface area contributed by atoms with Gasteiger partial charge in [-0.15, -0.1) is 0 Å². The normalized spacial score (nSPS) is 12.6. The Morgan fingerprint density at radius 2 is 0.430 bits per heavy atom. The van der Waals surface area contributed by atoms with Gasteiger partial charge in [0.05, 0.1) is 44.5 Å². The highest BCUT2D eigenvalue weighted by Gasteiger charge is 2.46. The lowest BCUT2D eigenvalue weighted by molar-refractivity contribution is -0.661. The van der Waals surface area contributed by atoms with Crippen molar-refractivity contribution in [3.63, 3.8) is 0 Å². The summed E-state index contributed by atoms with van der Waals surface area (Å²) in [5.74, 6) is 0. The number of alkyl halides is 6. The monoisotopic (exact) mass is 1750 g/mol. The van der Waals surface area contributed by atoms with Crippen LogP contribution in [0.2, 0.25) is 0 Å². The van der Waals surface area contributed by atoms with Crippen molar-refractivity contribution in [2.45, 2.75) is 277 Å². The molecule has 0 aliphatic rings. The zero-order valence-electron chi connectivity index (χ0n) is 85.2. The highest BCUT2D eigenvalue weighted by Crippen LogP contribution is 2.50. The molecule has 0 amide bonds. The van der Waals surface area contributed by atoms with Crippen molar-refractivity contribution in [3.05, 3.63) is 283 Å². The zero-order chi connectivity index (χ0) is 96.5. The van der Waals surface area contributed by atoms with Crippen LogP contribution in [0, 0.1) is 55.4 Å². The molecular weight excluding hydrogens is 1600 g/mol. The van der Waals surface area contributed by atoms with Crippen LogP contribution in [0.3, 0.4) is 0 Å². The molecule has 128 heavy (non-hydrogen) atoms. The first-order valence-electron chi connectivity index (χ1n) is 45.1. The van der Waals surface area contributed by atoms with E-state index in [1.165, 1.54) is 156 Å². The number of aromatic nitrogens is 8. The van der Waals surface area contributed by atoms with E-state index in [1.54, 1.807) is 64.6 Å². The number of halogens is 6. The smallest absolute Gasteiger partial charge is 0.201 e. The van der Waals surface area contributed by atoms with Gasteiger partial charge in [0.2, 0.25) is 45.6 Å². The standard InChI is InChI=1S/C35H52N2.C29H40N2.C27H36N2.C23H22F6N2/c1-23-30(28-18-16-24(21-36(28)14)32(2,3)4)26(34(8,9)10)20-27(35(11,12)13)31(23)29-19-17-25(22-37(29)15)33(5,6)7;1-19-16-20(2)27(25-15-13-23(18-31(25)11)29(7,8)9)21(3)26(19)24-14-12-22(17-30(24)10)28(4,5)6;1-19-22(24-15-13-20(17-28(24)8)26(2,3)4)11-10-12-23(19)25-16-14-21(18-29(25)9)27(5,6)7;1-13-8-6-10-30(4)20(13)18-15(3)19(21-14(2)9-7-11-31(21)5)17(23(27,28)29)12-16(18)22(24,25)26/h16-22H,1-15H3;12-18H,1-11H3;10-18H,1-9H3;6-12H,1-5H3/q4*+2. The van der Waals surface area contributed by atoms with E-state index in [0.29, 0.717) is 11.1 Å². The molecule has 14 heteroatoms. The summed E-state index contributed by atoms with van der Waals surface area (Å²) >= 11 is 0. The minimum absolute atomic E-state index is 0.00655. The summed E-state index contributed by atoms with van der Waals surface area (Å²) in [5.41, 5.74) is 32.2. The third-order valence-electron chi connectivity index (χ3n) is 25.5. The predicted octanol–water partition coefficient (Wildman–Crippen LogP) is 25.6. The molecule has 8 heterocycles. The van der Waals surface area contributed by atoms with Crippen LogP contribution in [-0.4, -0.2) is 0 Å². The maximum absolute atomic E-state index is 14.1. The minimum atomic E-state index is -4.97. The van der Waals surface area contributed by atoms with Crippen LogP contribution in [0.15, 0.2) is 183 Å². The van der Waals surface area contributed by atoms with Gasteiger partial charge in [-0.05, 0) is 210 Å². The van der Waals surface area contributed by atoms with Gasteiger partial charge >= 0.3 is 12.4 Å². The van der Waals surface area contributed by atoms with Gasteiger partial charge < -0.3 is 0 Å². The molecule has 8 aromatic heterocycles. The van der Waals surface area contributed by atoms with Crippen molar-refractivity contribution in [3.8, 4) is 90.1 Å². The number of hydrogen-bond donors (Lipinski definition) is 0. The number of pyridine rings is 8. The summed E-state index contributed by atoms with van der Waals surface area (Å²) in [5, 5.41) is 0. The van der Waals surface area contributed by atoms with Gasteiger partial charge in [-0.2, -0.15) is 26.3 Å². The quantitative estimate of drug-likeness (QED) is 0.107. The molecule has 4 aromatic carbocycles. The first-order valence-corrected chi connectivity index (χ1v) is 45.1. The van der Waals surface area contributed by atoms with Crippen LogP contribution in [0.5, 0.6) is 0 Å². The molecule has 0 spiro atoms. The molecule has 0 aliphatic heterocycles. The highest BCUT2D eigenvalue weighted by molar-refractivity contribution is 5.84. The molecule has 0 saturated carbocycles.